The van der Waals surface area contributed by atoms with Crippen LogP contribution in [0.2, 0.25) is 0 Å². The summed E-state index contributed by atoms with van der Waals surface area (Å²) in [6.45, 7) is 4.92. The van der Waals surface area contributed by atoms with Crippen molar-refractivity contribution in [1.82, 2.24) is 0 Å². The molecule has 0 spiro atoms. The zero-order chi connectivity index (χ0) is 69.7. The monoisotopic (exact) mass is 1770 g/mol. The van der Waals surface area contributed by atoms with Gasteiger partial charge in [-0.2, -0.15) is 0 Å². The maximum absolute atomic E-state index is 12.7. The van der Waals surface area contributed by atoms with Gasteiger partial charge in [-0.1, -0.05) is 281 Å². The Kier molecular flexibility index (Phi) is 25.2. The van der Waals surface area contributed by atoms with Gasteiger partial charge in [0.1, 0.15) is 26.6 Å². The number of carbonyl (C=O) groups excluding carboxylic acids is 1. The van der Waals surface area contributed by atoms with Gasteiger partial charge in [0.15, 0.2) is 5.78 Å². The van der Waals surface area contributed by atoms with E-state index in [2.05, 4.69) is 209 Å². The van der Waals surface area contributed by atoms with E-state index in [0.29, 0.717) is 5.78 Å². The molecule has 8 bridgehead atoms. The van der Waals surface area contributed by atoms with Crippen LogP contribution in [0.15, 0.2) is 216 Å². The summed E-state index contributed by atoms with van der Waals surface area (Å²) in [5, 5.41) is 43.6. The van der Waals surface area contributed by atoms with Crippen LogP contribution in [0.3, 0.4) is 0 Å². The number of ether oxygens (including phenoxy) is 3. The van der Waals surface area contributed by atoms with E-state index in [0.717, 1.165) is 11.1 Å². The number of rotatable bonds is 8. The van der Waals surface area contributed by atoms with Crippen LogP contribution in [-0.2, 0) is 28.8 Å². The van der Waals surface area contributed by atoms with E-state index in [1.807, 2.05) is 60.7 Å². The average Bonchev–Trinajstić information content (AvgIpc) is 1.49. The number of hydrogen-bond donors (Lipinski definition) is 4. The Morgan fingerprint density at radius 1 is 0.490 bits per heavy atom. The molecule has 0 amide bonds. The molecule has 8 aliphatic carbocycles. The minimum atomic E-state index is -1.32. The molecule has 0 radical (unpaired) electrons. The topological polar surface area (TPSA) is 126 Å². The third-order valence-electron chi connectivity index (χ3n) is 20.0. The van der Waals surface area contributed by atoms with E-state index < -0.39 is 45.9 Å². The van der Waals surface area contributed by atoms with E-state index >= 15 is 0 Å². The molecule has 8 nitrogen and oxygen atoms in total. The maximum Gasteiger partial charge on any atom is 1.00 e. The van der Waals surface area contributed by atoms with Gasteiger partial charge in [0.05, 0.1) is 63.3 Å². The molecular weight excluding hydrogens is 1710 g/mol. The zero-order valence-electron chi connectivity index (χ0n) is 55.8. The van der Waals surface area contributed by atoms with Crippen molar-refractivity contribution < 1.29 is 98.7 Å². The van der Waals surface area contributed by atoms with E-state index in [1.165, 1.54) is 95.4 Å². The quantitative estimate of drug-likeness (QED) is 0.0513. The molecule has 8 unspecified atom stereocenters. The fraction of sp³-hybridized carbons (Fsp3) is 0.304. The number of hydrogen-bond acceptors (Lipinski definition) is 8. The Morgan fingerprint density at radius 2 is 0.786 bits per heavy atom. The third kappa shape index (κ3) is 12.9. The van der Waals surface area contributed by atoms with Gasteiger partial charge in [-0.3, -0.25) is 9.18 Å². The molecule has 8 aliphatic rings. The van der Waals surface area contributed by atoms with Gasteiger partial charge in [0.2, 0.25) is 0 Å². The molecule has 0 aromatic heterocycles. The Labute approximate surface area is 667 Å². The predicted molar refractivity (Wildman–Crippen MR) is 402 cm³/mol. The second-order valence-electron chi connectivity index (χ2n) is 25.7. The van der Waals surface area contributed by atoms with Gasteiger partial charge in [0.25, 0.3) is 0 Å². The second kappa shape index (κ2) is 31.8. The minimum Gasteiger partial charge on any atom is -1.00 e. The number of fused-ring (bicyclic) bond motifs is 28. The van der Waals surface area contributed by atoms with Crippen molar-refractivity contribution in [3.05, 3.63) is 294 Å². The van der Waals surface area contributed by atoms with Gasteiger partial charge in [0, 0.05) is 45.0 Å². The first-order valence-electron chi connectivity index (χ1n) is 31.9. The van der Waals surface area contributed by atoms with Crippen molar-refractivity contribution >= 4 is 137 Å². The van der Waals surface area contributed by atoms with Crippen LogP contribution < -0.4 is 53.5 Å². The molecule has 9 aromatic rings. The van der Waals surface area contributed by atoms with Crippen LogP contribution in [0, 0.1) is 0 Å². The third-order valence-corrected chi connectivity index (χ3v) is 24.6. The Hall–Kier alpha value is -2.89. The molecule has 0 heterocycles. The summed E-state index contributed by atoms with van der Waals surface area (Å²) in [4.78, 5) is 10.1. The van der Waals surface area contributed by atoms with Gasteiger partial charge >= 0.3 is 29.6 Å². The minimum absolute atomic E-state index is 0. The molecule has 0 saturated carbocycles. The molecular formula is C79H73Br4Cl4FINaO8. The fourth-order valence-corrected chi connectivity index (χ4v) is 19.6. The number of carbonyl (C=O) groups is 1. The fourth-order valence-electron chi connectivity index (χ4n) is 16.0. The number of halogens is 10. The van der Waals surface area contributed by atoms with Gasteiger partial charge < -0.3 is 58.6 Å². The molecule has 4 N–H and O–H groups in total. The molecule has 0 aliphatic heterocycles. The number of methoxy groups -OCH3 is 3. The van der Waals surface area contributed by atoms with Crippen molar-refractivity contribution in [2.24, 2.45) is 0 Å². The molecule has 19 heteroatoms. The van der Waals surface area contributed by atoms with Crippen molar-refractivity contribution in [2.45, 2.75) is 95.9 Å². The summed E-state index contributed by atoms with van der Waals surface area (Å²) in [6.07, 6.45) is 4.32. The van der Waals surface area contributed by atoms with Crippen molar-refractivity contribution in [2.75, 3.05) is 48.3 Å². The van der Waals surface area contributed by atoms with Crippen LogP contribution in [0.5, 0.6) is 0 Å². The van der Waals surface area contributed by atoms with Gasteiger partial charge in [-0.15, -0.1) is 23.2 Å². The molecule has 508 valence electrons. The molecule has 98 heavy (non-hydrogen) atoms. The van der Waals surface area contributed by atoms with Crippen LogP contribution in [-0.4, -0.2) is 96.9 Å². The zero-order valence-corrected chi connectivity index (χ0v) is 68.3. The van der Waals surface area contributed by atoms with Crippen LogP contribution in [0.25, 0.3) is 21.5 Å². The first-order valence-corrected chi connectivity index (χ1v) is 36.4. The van der Waals surface area contributed by atoms with Crippen LogP contribution >= 0.6 is 110 Å². The normalized spacial score (nSPS) is 26.3. The molecule has 17 rings (SSSR count). The number of ketones is 1. The van der Waals surface area contributed by atoms with E-state index in [9.17, 15) is 24.5 Å². The molecule has 9 aromatic carbocycles. The first-order chi connectivity index (χ1) is 46.4. The summed E-state index contributed by atoms with van der Waals surface area (Å²) in [5.74, 6) is 0.946. The molecule has 0 saturated heterocycles. The summed E-state index contributed by atoms with van der Waals surface area (Å²) in [7, 11) is 3.86. The number of alkyl halides is 7. The Balaban J connectivity index is 0.000000142. The molecule has 8 atom stereocenters. The number of aliphatic hydroxyl groups excluding tert-OH is 3. The van der Waals surface area contributed by atoms with Crippen molar-refractivity contribution in [1.29, 1.82) is 0 Å². The van der Waals surface area contributed by atoms with Gasteiger partial charge in [-0.05, 0) is 132 Å². The molecule has 0 fully saturated rings. The second-order valence-corrected chi connectivity index (χ2v) is 33.7. The summed E-state index contributed by atoms with van der Waals surface area (Å²) >= 11 is 40.0. The SMILES string of the molecule is BrC(Br)c1ccccc1C(Br)Br.CC(C)(C)O.COC1(CO)C2(Cl)C(Cl)=C(Cl)C1(Cl)c1ccccc12.COC1(CO)C2C=CC1c1ccccc12.COC1(CO)C2c3ccccc3C1c1cc3ccccc3cc12.O=C1C2c3ccccc3C1c1cc3ccccc3cc12.[2H]CF.[I-].[Na+]. The van der Waals surface area contributed by atoms with Crippen molar-refractivity contribution in [3.8, 4) is 0 Å². The number of Topliss-reactive ketones (excluding diaryl/α,β-unsaturated/α-hetero) is 1. The van der Waals surface area contributed by atoms with Crippen molar-refractivity contribution in [3.63, 3.8) is 0 Å². The first kappa shape index (κ1) is 77.7. The summed E-state index contributed by atoms with van der Waals surface area (Å²) in [6, 6.07) is 66.5. The number of benzene rings is 9. The van der Waals surface area contributed by atoms with Gasteiger partial charge in [-0.25, -0.2) is 0 Å². The Morgan fingerprint density at radius 3 is 1.09 bits per heavy atom. The van der Waals surface area contributed by atoms with Crippen LogP contribution in [0.1, 0.15) is 143 Å². The summed E-state index contributed by atoms with van der Waals surface area (Å²) in [5.41, 5.74) is 13.8. The number of aliphatic hydroxyl groups is 4. The maximum atomic E-state index is 12.7. The standard InChI is InChI=1S/C21H18O2.C19H12O.C13H10Cl4O2.C13H14O2.C8H6Br4.C4H10O.CH3F.HI.Na/c1-23-21(12-22)19-15-8-4-5-9-16(15)20(21)18-11-14-7-3-2-6-13(14)10-17(18)19;20-19-17-13-7-3-4-8-14(13)18(19)16-10-12-6-2-1-5-11(12)9-15(16)17;1-19-11(6-18)12(16)7-4-2-3-5-8(7)13(11,17)10(15)9(12)14;1-15-13(8-14)11-6-7-12(13)10-5-3-2-4-9(10)11;9-7(10)5-3-1-2-4-6(5)8(11)12;1-4(2,3)5;1-2;;/h2-11,19-20,22H,12H2,1H3;1-10,17-18H;2-5,18H,6H2,1H3;2-7,11-12,14H,8H2,1H3;1-4,7-8H;5H,1-3H3;1H3;1H;/q;;;;;;;;+1/p-1/i;;;;;;1D;;. The summed E-state index contributed by atoms with van der Waals surface area (Å²) < 4.78 is 33.0. The largest absolute Gasteiger partial charge is 1.00 e. The predicted octanol–water partition coefficient (Wildman–Crippen LogP) is 13.9. The average molecular weight is 1780 g/mol. The smallest absolute Gasteiger partial charge is 1.00 e. The van der Waals surface area contributed by atoms with E-state index in [-0.39, 0.29) is 120 Å². The van der Waals surface area contributed by atoms with E-state index in [1.54, 1.807) is 35.0 Å². The van der Waals surface area contributed by atoms with E-state index in [4.69, 9.17) is 67.1 Å². The van der Waals surface area contributed by atoms with Crippen LogP contribution in [0.4, 0.5) is 4.39 Å². The Bertz CT molecular complexity index is 4230.